The highest BCUT2D eigenvalue weighted by Gasteiger charge is 2.21. The van der Waals surface area contributed by atoms with Crippen LogP contribution in [0.25, 0.3) is 0 Å². The Kier molecular flexibility index (Phi) is 3.79. The van der Waals surface area contributed by atoms with E-state index >= 15 is 0 Å². The minimum atomic E-state index is -2.97. The summed E-state index contributed by atoms with van der Waals surface area (Å²) in [4.78, 5) is 0. The Labute approximate surface area is 60.4 Å². The van der Waals surface area contributed by atoms with Crippen molar-refractivity contribution in [2.45, 2.75) is 33.3 Å². The first kappa shape index (κ1) is 9.82. The monoisotopic (exact) mass is 152 g/mol. The molecule has 0 amide bonds. The van der Waals surface area contributed by atoms with Crippen LogP contribution in [0.4, 0.5) is 8.78 Å². The Balaban J connectivity index is 3.36. The predicted octanol–water partition coefficient (Wildman–Crippen LogP) is 2.66. The van der Waals surface area contributed by atoms with E-state index in [9.17, 15) is 8.78 Å². The van der Waals surface area contributed by atoms with Crippen LogP contribution in [0.5, 0.6) is 0 Å². The van der Waals surface area contributed by atoms with Crippen molar-refractivity contribution in [3.63, 3.8) is 0 Å². The molecule has 1 atom stereocenters. The number of halogens is 2. The van der Waals surface area contributed by atoms with Crippen LogP contribution in [0.1, 0.15) is 27.2 Å². The SMILES string of the molecule is CCC(C)COC(C)(F)F. The predicted molar refractivity (Wildman–Crippen MR) is 36.0 cm³/mol. The minimum Gasteiger partial charge on any atom is -0.320 e. The van der Waals surface area contributed by atoms with Crippen molar-refractivity contribution in [1.29, 1.82) is 0 Å². The fourth-order valence-corrected chi connectivity index (χ4v) is 0.406. The van der Waals surface area contributed by atoms with Crippen LogP contribution in [0.15, 0.2) is 0 Å². The van der Waals surface area contributed by atoms with Crippen molar-refractivity contribution in [1.82, 2.24) is 0 Å². The van der Waals surface area contributed by atoms with Crippen LogP contribution in [0.3, 0.4) is 0 Å². The molecule has 0 aliphatic carbocycles. The van der Waals surface area contributed by atoms with Crippen LogP contribution < -0.4 is 0 Å². The smallest absolute Gasteiger partial charge is 0.320 e. The fraction of sp³-hybridized carbons (Fsp3) is 1.00. The Hall–Kier alpha value is -0.180. The summed E-state index contributed by atoms with van der Waals surface area (Å²) in [5.74, 6) is 0.214. The van der Waals surface area contributed by atoms with Gasteiger partial charge in [0.15, 0.2) is 0 Å². The van der Waals surface area contributed by atoms with Gasteiger partial charge in [-0.25, -0.2) is 0 Å². The first-order chi connectivity index (χ1) is 4.45. The average molecular weight is 152 g/mol. The molecule has 0 fully saturated rings. The summed E-state index contributed by atoms with van der Waals surface area (Å²) < 4.78 is 28.2. The molecule has 0 spiro atoms. The van der Waals surface area contributed by atoms with Gasteiger partial charge in [0, 0.05) is 6.92 Å². The summed E-state index contributed by atoms with van der Waals surface area (Å²) in [7, 11) is 0. The molecular formula is C7H14F2O. The third-order valence-corrected chi connectivity index (χ3v) is 1.32. The highest BCUT2D eigenvalue weighted by atomic mass is 19.3. The number of alkyl halides is 2. The van der Waals surface area contributed by atoms with Crippen LogP contribution in [-0.4, -0.2) is 12.7 Å². The van der Waals surface area contributed by atoms with E-state index in [0.717, 1.165) is 13.3 Å². The molecule has 0 saturated carbocycles. The van der Waals surface area contributed by atoms with E-state index in [4.69, 9.17) is 0 Å². The van der Waals surface area contributed by atoms with Gasteiger partial charge < -0.3 is 4.74 Å². The van der Waals surface area contributed by atoms with E-state index in [0.29, 0.717) is 0 Å². The zero-order chi connectivity index (χ0) is 8.20. The molecule has 0 saturated heterocycles. The quantitative estimate of drug-likeness (QED) is 0.601. The molecule has 0 heterocycles. The molecule has 0 rings (SSSR count). The standard InChI is InChI=1S/C7H14F2O/c1-4-6(2)5-10-7(3,8)9/h6H,4-5H2,1-3H3. The van der Waals surface area contributed by atoms with Gasteiger partial charge in [0.1, 0.15) is 0 Å². The second kappa shape index (κ2) is 3.86. The minimum absolute atomic E-state index is 0.139. The lowest BCUT2D eigenvalue weighted by molar-refractivity contribution is -0.229. The summed E-state index contributed by atoms with van der Waals surface area (Å²) in [6.07, 6.45) is -2.10. The van der Waals surface area contributed by atoms with Gasteiger partial charge in [-0.15, -0.1) is 0 Å². The van der Waals surface area contributed by atoms with Gasteiger partial charge in [-0.3, -0.25) is 0 Å². The molecular weight excluding hydrogens is 138 g/mol. The largest absolute Gasteiger partial charge is 0.352 e. The second-order valence-corrected chi connectivity index (χ2v) is 2.63. The van der Waals surface area contributed by atoms with Crippen LogP contribution in [-0.2, 0) is 4.74 Å². The van der Waals surface area contributed by atoms with E-state index in [1.807, 2.05) is 13.8 Å². The topological polar surface area (TPSA) is 9.23 Å². The Morgan fingerprint density at radius 2 is 2.00 bits per heavy atom. The highest BCUT2D eigenvalue weighted by molar-refractivity contribution is 4.48. The number of rotatable bonds is 4. The van der Waals surface area contributed by atoms with E-state index in [2.05, 4.69) is 4.74 Å². The zero-order valence-electron chi connectivity index (χ0n) is 6.66. The van der Waals surface area contributed by atoms with Crippen molar-refractivity contribution < 1.29 is 13.5 Å². The van der Waals surface area contributed by atoms with Crippen molar-refractivity contribution >= 4 is 0 Å². The lowest BCUT2D eigenvalue weighted by Crippen LogP contribution is -2.19. The van der Waals surface area contributed by atoms with Gasteiger partial charge in [0.05, 0.1) is 6.61 Å². The van der Waals surface area contributed by atoms with Gasteiger partial charge in [0.2, 0.25) is 0 Å². The maximum atomic E-state index is 12.0. The molecule has 1 unspecified atom stereocenters. The molecule has 0 aliphatic rings. The Morgan fingerprint density at radius 3 is 2.30 bits per heavy atom. The van der Waals surface area contributed by atoms with Crippen molar-refractivity contribution in [2.75, 3.05) is 6.61 Å². The molecule has 3 heteroatoms. The molecule has 0 bridgehead atoms. The summed E-state index contributed by atoms with van der Waals surface area (Å²) >= 11 is 0. The number of hydrogen-bond acceptors (Lipinski definition) is 1. The van der Waals surface area contributed by atoms with Crippen molar-refractivity contribution in [3.8, 4) is 0 Å². The summed E-state index contributed by atoms with van der Waals surface area (Å²) in [5.41, 5.74) is 0. The first-order valence-corrected chi connectivity index (χ1v) is 3.47. The maximum absolute atomic E-state index is 12.0. The van der Waals surface area contributed by atoms with Crippen LogP contribution in [0.2, 0.25) is 0 Å². The van der Waals surface area contributed by atoms with Crippen molar-refractivity contribution in [3.05, 3.63) is 0 Å². The summed E-state index contributed by atoms with van der Waals surface area (Å²) in [5, 5.41) is 0. The fourth-order valence-electron chi connectivity index (χ4n) is 0.406. The van der Waals surface area contributed by atoms with E-state index in [1.165, 1.54) is 0 Å². The second-order valence-electron chi connectivity index (χ2n) is 2.63. The third kappa shape index (κ3) is 5.95. The number of ether oxygens (including phenoxy) is 1. The molecule has 10 heavy (non-hydrogen) atoms. The Morgan fingerprint density at radius 1 is 1.50 bits per heavy atom. The van der Waals surface area contributed by atoms with Crippen molar-refractivity contribution in [2.24, 2.45) is 5.92 Å². The van der Waals surface area contributed by atoms with E-state index < -0.39 is 6.11 Å². The lowest BCUT2D eigenvalue weighted by Gasteiger charge is -2.14. The molecule has 0 radical (unpaired) electrons. The maximum Gasteiger partial charge on any atom is 0.352 e. The molecule has 1 nitrogen and oxygen atoms in total. The first-order valence-electron chi connectivity index (χ1n) is 3.47. The van der Waals surface area contributed by atoms with E-state index in [1.54, 1.807) is 0 Å². The van der Waals surface area contributed by atoms with Gasteiger partial charge in [-0.2, -0.15) is 8.78 Å². The van der Waals surface area contributed by atoms with Crippen LogP contribution >= 0.6 is 0 Å². The van der Waals surface area contributed by atoms with Gasteiger partial charge in [0.25, 0.3) is 0 Å². The van der Waals surface area contributed by atoms with Gasteiger partial charge in [-0.05, 0) is 5.92 Å². The molecule has 0 aromatic heterocycles. The molecule has 0 N–H and O–H groups in total. The average Bonchev–Trinajstić information content (AvgIpc) is 1.81. The lowest BCUT2D eigenvalue weighted by atomic mass is 10.1. The highest BCUT2D eigenvalue weighted by Crippen LogP contribution is 2.15. The zero-order valence-corrected chi connectivity index (χ0v) is 6.66. The summed E-state index contributed by atoms with van der Waals surface area (Å²) in [6.45, 7) is 4.73. The summed E-state index contributed by atoms with van der Waals surface area (Å²) in [6, 6.07) is 0. The van der Waals surface area contributed by atoms with Crippen LogP contribution in [0, 0.1) is 5.92 Å². The normalized spacial score (nSPS) is 15.3. The molecule has 0 aliphatic heterocycles. The third-order valence-electron chi connectivity index (χ3n) is 1.32. The molecule has 0 aromatic rings. The molecule has 0 aromatic carbocycles. The number of hydrogen-bond donors (Lipinski definition) is 0. The molecule has 62 valence electrons. The Bertz CT molecular complexity index is 88.1. The van der Waals surface area contributed by atoms with E-state index in [-0.39, 0.29) is 12.5 Å². The van der Waals surface area contributed by atoms with Gasteiger partial charge >= 0.3 is 6.11 Å². The van der Waals surface area contributed by atoms with Gasteiger partial charge in [-0.1, -0.05) is 20.3 Å².